The normalized spacial score (nSPS) is 9.53. The Morgan fingerprint density at radius 1 is 1.47 bits per heavy atom. The summed E-state index contributed by atoms with van der Waals surface area (Å²) >= 11 is 0. The van der Waals surface area contributed by atoms with Crippen LogP contribution in [0.15, 0.2) is 35.3 Å². The molecule has 0 fully saturated rings. The molecular formula is C13H12N4O2. The number of hydrogen-bond acceptors (Lipinski definition) is 5. The average Bonchev–Trinajstić information content (AvgIpc) is 2.96. The molecule has 2 aromatic rings. The van der Waals surface area contributed by atoms with Crippen LogP contribution in [0.4, 0.5) is 0 Å². The summed E-state index contributed by atoms with van der Waals surface area (Å²) in [6.07, 6.45) is 4.53. The molecule has 0 saturated carbocycles. The summed E-state index contributed by atoms with van der Waals surface area (Å²) in [5.41, 5.74) is 6.97. The Morgan fingerprint density at radius 2 is 2.37 bits per heavy atom. The van der Waals surface area contributed by atoms with E-state index >= 15 is 0 Å². The number of aromatic nitrogens is 2. The van der Waals surface area contributed by atoms with Crippen LogP contribution in [-0.2, 0) is 6.54 Å². The second-order valence-corrected chi connectivity index (χ2v) is 3.60. The number of amides is 1. The predicted octanol–water partition coefficient (Wildman–Crippen LogP) is 0.310. The molecule has 0 aliphatic carbocycles. The molecule has 2 heterocycles. The van der Waals surface area contributed by atoms with E-state index in [2.05, 4.69) is 31.8 Å². The van der Waals surface area contributed by atoms with E-state index in [-0.39, 0.29) is 12.5 Å². The Hall–Kier alpha value is -2.65. The first-order valence-electron chi connectivity index (χ1n) is 5.61. The fraction of sp³-hybridized carbons (Fsp3) is 0.154. The van der Waals surface area contributed by atoms with E-state index < -0.39 is 0 Å². The lowest BCUT2D eigenvalue weighted by Gasteiger charge is -2.04. The highest BCUT2D eigenvalue weighted by atomic mass is 16.5. The van der Waals surface area contributed by atoms with Crippen LogP contribution in [0.5, 0.6) is 0 Å². The molecule has 19 heavy (non-hydrogen) atoms. The second kappa shape index (κ2) is 6.33. The van der Waals surface area contributed by atoms with Crippen LogP contribution in [0.25, 0.3) is 0 Å². The van der Waals surface area contributed by atoms with Gasteiger partial charge >= 0.3 is 0 Å². The molecule has 0 saturated heterocycles. The van der Waals surface area contributed by atoms with E-state index in [4.69, 9.17) is 5.73 Å². The lowest BCUT2D eigenvalue weighted by molar-refractivity contribution is 0.0949. The highest BCUT2D eigenvalue weighted by molar-refractivity contribution is 5.96. The maximum atomic E-state index is 12.0. The van der Waals surface area contributed by atoms with Gasteiger partial charge in [0, 0.05) is 18.5 Å². The van der Waals surface area contributed by atoms with Crippen LogP contribution in [-0.4, -0.2) is 22.6 Å². The van der Waals surface area contributed by atoms with Gasteiger partial charge in [0.05, 0.1) is 24.2 Å². The maximum Gasteiger partial charge on any atom is 0.252 e. The first kappa shape index (κ1) is 12.8. The van der Waals surface area contributed by atoms with E-state index in [9.17, 15) is 4.79 Å². The van der Waals surface area contributed by atoms with Crippen molar-refractivity contribution in [2.24, 2.45) is 5.73 Å². The van der Waals surface area contributed by atoms with Crippen LogP contribution >= 0.6 is 0 Å². The minimum absolute atomic E-state index is 0.231. The molecule has 0 aliphatic heterocycles. The number of hydrogen-bond donors (Lipinski definition) is 2. The van der Waals surface area contributed by atoms with E-state index in [0.29, 0.717) is 23.4 Å². The van der Waals surface area contributed by atoms with Crippen molar-refractivity contribution in [1.82, 2.24) is 15.5 Å². The number of nitrogens with one attached hydrogen (secondary N) is 1. The fourth-order valence-corrected chi connectivity index (χ4v) is 1.43. The van der Waals surface area contributed by atoms with Crippen molar-refractivity contribution in [3.8, 4) is 11.8 Å². The smallest absolute Gasteiger partial charge is 0.252 e. The van der Waals surface area contributed by atoms with Crippen molar-refractivity contribution < 1.29 is 9.32 Å². The zero-order valence-electron chi connectivity index (χ0n) is 10.1. The Balaban J connectivity index is 2.10. The lowest BCUT2D eigenvalue weighted by atomic mass is 10.1. The van der Waals surface area contributed by atoms with Gasteiger partial charge in [-0.2, -0.15) is 0 Å². The molecule has 2 aromatic heterocycles. The van der Waals surface area contributed by atoms with Crippen molar-refractivity contribution in [2.45, 2.75) is 6.54 Å². The molecule has 96 valence electrons. The van der Waals surface area contributed by atoms with Gasteiger partial charge < -0.3 is 15.6 Å². The molecule has 2 rings (SSSR count). The Kier molecular flexibility index (Phi) is 4.26. The molecular weight excluding hydrogens is 244 g/mol. The van der Waals surface area contributed by atoms with Gasteiger partial charge in [-0.3, -0.25) is 9.78 Å². The largest absolute Gasteiger partial charge is 0.364 e. The zero-order valence-corrected chi connectivity index (χ0v) is 10.1. The Labute approximate surface area is 110 Å². The number of carbonyl (C=O) groups excluding carboxylic acids is 1. The standard InChI is InChI=1S/C13H12N4O2/c14-5-1-2-10-8-15-6-3-12(10)13(18)16-9-11-4-7-19-17-11/h3-4,6-8H,5,9,14H2,(H,16,18). The minimum Gasteiger partial charge on any atom is -0.364 e. The minimum atomic E-state index is -0.244. The molecule has 6 heteroatoms. The van der Waals surface area contributed by atoms with Gasteiger partial charge in [-0.05, 0) is 6.07 Å². The van der Waals surface area contributed by atoms with Crippen LogP contribution < -0.4 is 11.1 Å². The molecule has 0 spiro atoms. The number of nitrogens with two attached hydrogens (primary N) is 1. The summed E-state index contributed by atoms with van der Waals surface area (Å²) in [5.74, 6) is 5.27. The molecule has 0 bridgehead atoms. The van der Waals surface area contributed by atoms with Crippen molar-refractivity contribution in [1.29, 1.82) is 0 Å². The highest BCUT2D eigenvalue weighted by Crippen LogP contribution is 2.05. The first-order valence-corrected chi connectivity index (χ1v) is 5.61. The quantitative estimate of drug-likeness (QED) is 0.771. The Morgan fingerprint density at radius 3 is 3.11 bits per heavy atom. The Bertz CT molecular complexity index is 611. The van der Waals surface area contributed by atoms with Crippen molar-refractivity contribution in [3.63, 3.8) is 0 Å². The molecule has 6 nitrogen and oxygen atoms in total. The van der Waals surface area contributed by atoms with Gasteiger partial charge in [-0.1, -0.05) is 17.0 Å². The van der Waals surface area contributed by atoms with E-state index in [1.54, 1.807) is 18.3 Å². The molecule has 0 unspecified atom stereocenters. The van der Waals surface area contributed by atoms with Gasteiger partial charge in [0.25, 0.3) is 5.91 Å². The summed E-state index contributed by atoms with van der Waals surface area (Å²) in [6.45, 7) is 0.524. The number of rotatable bonds is 3. The van der Waals surface area contributed by atoms with Gasteiger partial charge in [-0.25, -0.2) is 0 Å². The van der Waals surface area contributed by atoms with Gasteiger partial charge in [0.1, 0.15) is 12.0 Å². The fourth-order valence-electron chi connectivity index (χ4n) is 1.43. The number of pyridine rings is 1. The summed E-state index contributed by atoms with van der Waals surface area (Å²) in [5, 5.41) is 6.44. The van der Waals surface area contributed by atoms with Gasteiger partial charge in [-0.15, -0.1) is 0 Å². The third kappa shape index (κ3) is 3.40. The molecule has 0 aliphatic rings. The van der Waals surface area contributed by atoms with E-state index in [1.807, 2.05) is 0 Å². The predicted molar refractivity (Wildman–Crippen MR) is 67.8 cm³/mol. The first-order chi connectivity index (χ1) is 9.31. The lowest BCUT2D eigenvalue weighted by Crippen LogP contribution is -2.23. The molecule has 1 amide bonds. The van der Waals surface area contributed by atoms with Crippen LogP contribution in [0.1, 0.15) is 21.6 Å². The molecule has 0 aromatic carbocycles. The highest BCUT2D eigenvalue weighted by Gasteiger charge is 2.10. The molecule has 3 N–H and O–H groups in total. The SMILES string of the molecule is NCC#Cc1cnccc1C(=O)NCc1ccon1. The van der Waals surface area contributed by atoms with E-state index in [0.717, 1.165) is 0 Å². The van der Waals surface area contributed by atoms with Crippen LogP contribution in [0.2, 0.25) is 0 Å². The van der Waals surface area contributed by atoms with Gasteiger partial charge in [0.2, 0.25) is 0 Å². The summed E-state index contributed by atoms with van der Waals surface area (Å²) in [7, 11) is 0. The maximum absolute atomic E-state index is 12.0. The topological polar surface area (TPSA) is 94.0 Å². The monoisotopic (exact) mass is 256 g/mol. The van der Waals surface area contributed by atoms with Crippen LogP contribution in [0, 0.1) is 11.8 Å². The summed E-state index contributed by atoms with van der Waals surface area (Å²) in [6, 6.07) is 3.29. The third-order valence-corrected chi connectivity index (χ3v) is 2.31. The summed E-state index contributed by atoms with van der Waals surface area (Å²) < 4.78 is 4.68. The molecule has 0 radical (unpaired) electrons. The van der Waals surface area contributed by atoms with Crippen molar-refractivity contribution in [2.75, 3.05) is 6.54 Å². The number of carbonyl (C=O) groups is 1. The number of nitrogens with zero attached hydrogens (tertiary/aromatic N) is 2. The molecule has 0 atom stereocenters. The van der Waals surface area contributed by atoms with E-state index in [1.165, 1.54) is 12.5 Å². The zero-order chi connectivity index (χ0) is 13.5. The average molecular weight is 256 g/mol. The van der Waals surface area contributed by atoms with Crippen molar-refractivity contribution in [3.05, 3.63) is 47.6 Å². The second-order valence-electron chi connectivity index (χ2n) is 3.60. The third-order valence-electron chi connectivity index (χ3n) is 2.31. The summed E-state index contributed by atoms with van der Waals surface area (Å²) in [4.78, 5) is 16.0. The van der Waals surface area contributed by atoms with Crippen LogP contribution in [0.3, 0.4) is 0 Å². The van der Waals surface area contributed by atoms with Crippen molar-refractivity contribution >= 4 is 5.91 Å². The van der Waals surface area contributed by atoms with Gasteiger partial charge in [0.15, 0.2) is 0 Å².